The molecule has 2 heteroatoms. The molecule has 16 heavy (non-hydrogen) atoms. The fourth-order valence-electron chi connectivity index (χ4n) is 2.43. The first-order valence-electron chi connectivity index (χ1n) is 6.28. The number of hydrogen-bond donors (Lipinski definition) is 1. The average Bonchev–Trinajstić information content (AvgIpc) is 2.67. The van der Waals surface area contributed by atoms with E-state index in [0.29, 0.717) is 6.04 Å². The predicted octanol–water partition coefficient (Wildman–Crippen LogP) is 3.69. The van der Waals surface area contributed by atoms with Crippen LogP contribution in [0.15, 0.2) is 24.3 Å². The Hall–Kier alpha value is -1.18. The van der Waals surface area contributed by atoms with Gasteiger partial charge in [0.1, 0.15) is 5.75 Å². The molecular weight excluding hydrogens is 198 g/mol. The maximum atomic E-state index is 5.61. The second kappa shape index (κ2) is 5.24. The molecule has 0 radical (unpaired) electrons. The van der Waals surface area contributed by atoms with E-state index in [1.54, 1.807) is 0 Å². The Morgan fingerprint density at radius 3 is 2.81 bits per heavy atom. The first-order valence-corrected chi connectivity index (χ1v) is 6.28. The van der Waals surface area contributed by atoms with Crippen molar-refractivity contribution in [2.45, 2.75) is 39.2 Å². The second-order valence-electron chi connectivity index (χ2n) is 4.69. The van der Waals surface area contributed by atoms with Crippen LogP contribution in [0, 0.1) is 5.92 Å². The Balaban J connectivity index is 2.02. The van der Waals surface area contributed by atoms with E-state index in [2.05, 4.69) is 24.4 Å². The van der Waals surface area contributed by atoms with Crippen molar-refractivity contribution in [3.63, 3.8) is 0 Å². The van der Waals surface area contributed by atoms with Gasteiger partial charge in [0.15, 0.2) is 0 Å². The lowest BCUT2D eigenvalue weighted by atomic mass is 10.1. The van der Waals surface area contributed by atoms with Crippen LogP contribution in [0.5, 0.6) is 5.75 Å². The number of hydrogen-bond acceptors (Lipinski definition) is 2. The third-order valence-electron chi connectivity index (χ3n) is 3.24. The molecule has 1 fully saturated rings. The summed E-state index contributed by atoms with van der Waals surface area (Å²) in [6.45, 7) is 5.07. The van der Waals surface area contributed by atoms with E-state index >= 15 is 0 Å². The standard InChI is InChI=1S/C14H21NO/c1-3-16-14-7-5-4-6-13(14)15-12-9-8-11(2)10-12/h4-7,11-12,15H,3,8-10H2,1-2H3. The van der Waals surface area contributed by atoms with Gasteiger partial charge in [-0.05, 0) is 44.2 Å². The molecule has 0 spiro atoms. The lowest BCUT2D eigenvalue weighted by Gasteiger charge is -2.17. The van der Waals surface area contributed by atoms with E-state index < -0.39 is 0 Å². The number of nitrogens with one attached hydrogen (secondary N) is 1. The van der Waals surface area contributed by atoms with E-state index in [1.807, 2.05) is 19.1 Å². The molecule has 0 saturated heterocycles. The zero-order chi connectivity index (χ0) is 11.4. The summed E-state index contributed by atoms with van der Waals surface area (Å²) in [6.07, 6.45) is 3.90. The third kappa shape index (κ3) is 2.69. The fourth-order valence-corrected chi connectivity index (χ4v) is 2.43. The van der Waals surface area contributed by atoms with E-state index in [-0.39, 0.29) is 0 Å². The Morgan fingerprint density at radius 1 is 1.31 bits per heavy atom. The topological polar surface area (TPSA) is 21.3 Å². The van der Waals surface area contributed by atoms with E-state index in [1.165, 1.54) is 19.3 Å². The monoisotopic (exact) mass is 219 g/mol. The third-order valence-corrected chi connectivity index (χ3v) is 3.24. The van der Waals surface area contributed by atoms with E-state index in [9.17, 15) is 0 Å². The molecule has 1 N–H and O–H groups in total. The number of rotatable bonds is 4. The molecule has 1 saturated carbocycles. The van der Waals surface area contributed by atoms with Crippen LogP contribution in [0.2, 0.25) is 0 Å². The largest absolute Gasteiger partial charge is 0.492 e. The molecule has 1 aliphatic rings. The van der Waals surface area contributed by atoms with Gasteiger partial charge >= 0.3 is 0 Å². The van der Waals surface area contributed by atoms with Crippen LogP contribution in [-0.4, -0.2) is 12.6 Å². The Labute approximate surface area is 98.0 Å². The maximum Gasteiger partial charge on any atom is 0.142 e. The Morgan fingerprint density at radius 2 is 2.12 bits per heavy atom. The SMILES string of the molecule is CCOc1ccccc1NC1CCC(C)C1. The zero-order valence-corrected chi connectivity index (χ0v) is 10.2. The molecule has 1 aromatic carbocycles. The molecule has 0 heterocycles. The van der Waals surface area contributed by atoms with E-state index in [0.717, 1.165) is 24.0 Å². The molecule has 2 rings (SSSR count). The fraction of sp³-hybridized carbons (Fsp3) is 0.571. The summed E-state index contributed by atoms with van der Waals surface area (Å²) in [5.74, 6) is 1.83. The van der Waals surface area contributed by atoms with Gasteiger partial charge in [0.2, 0.25) is 0 Å². The quantitative estimate of drug-likeness (QED) is 0.834. The van der Waals surface area contributed by atoms with Gasteiger partial charge in [0.25, 0.3) is 0 Å². The number of para-hydroxylation sites is 2. The molecule has 1 aromatic rings. The van der Waals surface area contributed by atoms with Gasteiger partial charge in [-0.15, -0.1) is 0 Å². The van der Waals surface area contributed by atoms with Crippen molar-refractivity contribution in [3.8, 4) is 5.75 Å². The van der Waals surface area contributed by atoms with E-state index in [4.69, 9.17) is 4.74 Å². The van der Waals surface area contributed by atoms with Crippen LogP contribution >= 0.6 is 0 Å². The number of ether oxygens (including phenoxy) is 1. The summed E-state index contributed by atoms with van der Waals surface area (Å²) >= 11 is 0. The van der Waals surface area contributed by atoms with Crippen molar-refractivity contribution >= 4 is 5.69 Å². The van der Waals surface area contributed by atoms with Crippen LogP contribution in [0.1, 0.15) is 33.1 Å². The minimum absolute atomic E-state index is 0.622. The lowest BCUT2D eigenvalue weighted by Crippen LogP contribution is -2.16. The molecular formula is C14H21NO. The smallest absolute Gasteiger partial charge is 0.142 e. The van der Waals surface area contributed by atoms with Gasteiger partial charge in [0.05, 0.1) is 12.3 Å². The lowest BCUT2D eigenvalue weighted by molar-refractivity contribution is 0.341. The van der Waals surface area contributed by atoms with Gasteiger partial charge in [-0.1, -0.05) is 19.1 Å². The molecule has 2 nitrogen and oxygen atoms in total. The van der Waals surface area contributed by atoms with Gasteiger partial charge in [0, 0.05) is 6.04 Å². The molecule has 1 aliphatic carbocycles. The molecule has 2 unspecified atom stereocenters. The predicted molar refractivity (Wildman–Crippen MR) is 68.0 cm³/mol. The number of benzene rings is 1. The normalized spacial score (nSPS) is 24.4. The van der Waals surface area contributed by atoms with Crippen LogP contribution in [0.4, 0.5) is 5.69 Å². The molecule has 2 atom stereocenters. The van der Waals surface area contributed by atoms with Gasteiger partial charge in [-0.25, -0.2) is 0 Å². The van der Waals surface area contributed by atoms with Crippen LogP contribution in [-0.2, 0) is 0 Å². The molecule has 0 amide bonds. The zero-order valence-electron chi connectivity index (χ0n) is 10.2. The van der Waals surface area contributed by atoms with Gasteiger partial charge in [-0.2, -0.15) is 0 Å². The Bertz CT molecular complexity index is 337. The highest BCUT2D eigenvalue weighted by molar-refractivity contribution is 5.56. The molecule has 0 aromatic heterocycles. The summed E-state index contributed by atoms with van der Waals surface area (Å²) < 4.78 is 5.61. The summed E-state index contributed by atoms with van der Waals surface area (Å²) in [7, 11) is 0. The van der Waals surface area contributed by atoms with Crippen molar-refractivity contribution in [2.75, 3.05) is 11.9 Å². The minimum Gasteiger partial charge on any atom is -0.492 e. The highest BCUT2D eigenvalue weighted by Gasteiger charge is 2.21. The summed E-state index contributed by atoms with van der Waals surface area (Å²) in [5.41, 5.74) is 1.14. The van der Waals surface area contributed by atoms with Crippen LogP contribution in [0.3, 0.4) is 0 Å². The second-order valence-corrected chi connectivity index (χ2v) is 4.69. The van der Waals surface area contributed by atoms with Crippen LogP contribution in [0.25, 0.3) is 0 Å². The van der Waals surface area contributed by atoms with Gasteiger partial charge in [-0.3, -0.25) is 0 Å². The van der Waals surface area contributed by atoms with Crippen molar-refractivity contribution in [1.29, 1.82) is 0 Å². The summed E-state index contributed by atoms with van der Waals surface area (Å²) in [4.78, 5) is 0. The molecule has 0 aliphatic heterocycles. The highest BCUT2D eigenvalue weighted by Crippen LogP contribution is 2.31. The van der Waals surface area contributed by atoms with Crippen molar-refractivity contribution < 1.29 is 4.74 Å². The van der Waals surface area contributed by atoms with Crippen molar-refractivity contribution in [3.05, 3.63) is 24.3 Å². The maximum absolute atomic E-state index is 5.61. The molecule has 0 bridgehead atoms. The van der Waals surface area contributed by atoms with Gasteiger partial charge < -0.3 is 10.1 Å². The minimum atomic E-state index is 0.622. The molecule has 88 valence electrons. The highest BCUT2D eigenvalue weighted by atomic mass is 16.5. The summed E-state index contributed by atoms with van der Waals surface area (Å²) in [6, 6.07) is 8.84. The van der Waals surface area contributed by atoms with Crippen molar-refractivity contribution in [2.24, 2.45) is 5.92 Å². The van der Waals surface area contributed by atoms with Crippen molar-refractivity contribution in [1.82, 2.24) is 0 Å². The first-order chi connectivity index (χ1) is 7.79. The number of anilines is 1. The first kappa shape index (κ1) is 11.3. The summed E-state index contributed by atoms with van der Waals surface area (Å²) in [5, 5.41) is 3.60. The Kier molecular flexibility index (Phi) is 3.70. The van der Waals surface area contributed by atoms with Crippen LogP contribution < -0.4 is 10.1 Å². The average molecular weight is 219 g/mol.